The molecular formula is C19H19N3O2S. The van der Waals surface area contributed by atoms with Gasteiger partial charge in [-0.25, -0.2) is 0 Å². The van der Waals surface area contributed by atoms with E-state index in [1.807, 2.05) is 40.6 Å². The third-order valence-corrected chi connectivity index (χ3v) is 5.64. The Bertz CT molecular complexity index is 845. The van der Waals surface area contributed by atoms with Crippen LogP contribution in [0.4, 0.5) is 0 Å². The molecule has 1 saturated heterocycles. The number of likely N-dealkylation sites (tertiary alicyclic amines) is 1. The molecule has 5 nitrogen and oxygen atoms in total. The number of amides is 1. The zero-order valence-corrected chi connectivity index (χ0v) is 14.5. The smallest absolute Gasteiger partial charge is 0.276 e. The Kier molecular flexibility index (Phi) is 4.38. The van der Waals surface area contributed by atoms with E-state index >= 15 is 0 Å². The molecule has 0 radical (unpaired) electrons. The van der Waals surface area contributed by atoms with Crippen LogP contribution in [0.3, 0.4) is 0 Å². The van der Waals surface area contributed by atoms with Gasteiger partial charge in [0, 0.05) is 25.1 Å². The van der Waals surface area contributed by atoms with Crippen LogP contribution in [0.2, 0.25) is 0 Å². The third-order valence-electron chi connectivity index (χ3n) is 4.75. The van der Waals surface area contributed by atoms with E-state index in [0.717, 1.165) is 4.88 Å². The quantitative estimate of drug-likeness (QED) is 0.782. The van der Waals surface area contributed by atoms with Gasteiger partial charge in [0.2, 0.25) is 0 Å². The van der Waals surface area contributed by atoms with E-state index in [4.69, 9.17) is 10.3 Å². The van der Waals surface area contributed by atoms with Crippen LogP contribution in [-0.2, 0) is 0 Å². The van der Waals surface area contributed by atoms with E-state index < -0.39 is 0 Å². The maximum absolute atomic E-state index is 12.8. The molecule has 1 fully saturated rings. The van der Waals surface area contributed by atoms with Gasteiger partial charge in [-0.1, -0.05) is 41.6 Å². The molecule has 2 aromatic heterocycles. The number of benzene rings is 1. The van der Waals surface area contributed by atoms with Crippen LogP contribution in [0, 0.1) is 5.92 Å². The van der Waals surface area contributed by atoms with Crippen molar-refractivity contribution >= 4 is 17.2 Å². The lowest BCUT2D eigenvalue weighted by Gasteiger charge is -2.16. The molecule has 1 aliphatic heterocycles. The highest BCUT2D eigenvalue weighted by atomic mass is 32.1. The van der Waals surface area contributed by atoms with Crippen LogP contribution < -0.4 is 5.73 Å². The Labute approximate surface area is 150 Å². The normalized spacial score (nSPS) is 20.1. The van der Waals surface area contributed by atoms with Crippen molar-refractivity contribution in [2.45, 2.75) is 5.92 Å². The molecular weight excluding hydrogens is 334 g/mol. The molecule has 2 atom stereocenters. The molecule has 4 rings (SSSR count). The fourth-order valence-electron chi connectivity index (χ4n) is 3.43. The van der Waals surface area contributed by atoms with Gasteiger partial charge in [0.05, 0.1) is 4.88 Å². The van der Waals surface area contributed by atoms with Gasteiger partial charge in [0.15, 0.2) is 11.5 Å². The molecule has 2 N–H and O–H groups in total. The predicted octanol–water partition coefficient (Wildman–Crippen LogP) is 3.22. The maximum atomic E-state index is 12.8. The fraction of sp³-hybridized carbons (Fsp3) is 0.263. The summed E-state index contributed by atoms with van der Waals surface area (Å²) in [5.41, 5.74) is 7.54. The van der Waals surface area contributed by atoms with Gasteiger partial charge in [-0.2, -0.15) is 0 Å². The van der Waals surface area contributed by atoms with Crippen molar-refractivity contribution in [1.82, 2.24) is 10.1 Å². The lowest BCUT2D eigenvalue weighted by molar-refractivity contribution is 0.0776. The van der Waals surface area contributed by atoms with Crippen LogP contribution in [0.25, 0.3) is 10.6 Å². The number of hydrogen-bond acceptors (Lipinski definition) is 5. The van der Waals surface area contributed by atoms with E-state index in [0.29, 0.717) is 31.1 Å². The number of rotatable bonds is 4. The summed E-state index contributed by atoms with van der Waals surface area (Å²) in [5.74, 6) is 1.06. The average molecular weight is 353 g/mol. The van der Waals surface area contributed by atoms with Gasteiger partial charge in [0.25, 0.3) is 5.91 Å². The van der Waals surface area contributed by atoms with E-state index in [-0.39, 0.29) is 17.7 Å². The Morgan fingerprint density at radius 1 is 1.24 bits per heavy atom. The van der Waals surface area contributed by atoms with E-state index in [1.54, 1.807) is 17.4 Å². The number of nitrogens with zero attached hydrogens (tertiary/aromatic N) is 2. The van der Waals surface area contributed by atoms with Gasteiger partial charge >= 0.3 is 0 Å². The van der Waals surface area contributed by atoms with Crippen molar-refractivity contribution in [1.29, 1.82) is 0 Å². The van der Waals surface area contributed by atoms with Crippen LogP contribution >= 0.6 is 11.3 Å². The van der Waals surface area contributed by atoms with Crippen molar-refractivity contribution in [3.63, 3.8) is 0 Å². The zero-order valence-electron chi connectivity index (χ0n) is 13.7. The molecule has 0 unspecified atom stereocenters. The molecule has 25 heavy (non-hydrogen) atoms. The minimum absolute atomic E-state index is 0.0940. The van der Waals surface area contributed by atoms with Crippen molar-refractivity contribution in [2.24, 2.45) is 11.7 Å². The second-order valence-corrected chi connectivity index (χ2v) is 7.22. The summed E-state index contributed by atoms with van der Waals surface area (Å²) < 4.78 is 5.34. The van der Waals surface area contributed by atoms with Crippen LogP contribution in [0.1, 0.15) is 22.0 Å². The second kappa shape index (κ2) is 6.82. The zero-order chi connectivity index (χ0) is 17.2. The molecule has 6 heteroatoms. The molecule has 3 aromatic rings. The van der Waals surface area contributed by atoms with Crippen LogP contribution in [0.15, 0.2) is 58.4 Å². The first-order valence-corrected chi connectivity index (χ1v) is 9.19. The van der Waals surface area contributed by atoms with Crippen LogP contribution in [0.5, 0.6) is 0 Å². The topological polar surface area (TPSA) is 72.4 Å². The summed E-state index contributed by atoms with van der Waals surface area (Å²) in [6, 6.07) is 15.9. The van der Waals surface area contributed by atoms with Gasteiger partial charge < -0.3 is 15.2 Å². The Morgan fingerprint density at radius 3 is 2.80 bits per heavy atom. The van der Waals surface area contributed by atoms with Gasteiger partial charge in [-0.05, 0) is 29.5 Å². The molecule has 1 aliphatic rings. The van der Waals surface area contributed by atoms with Crippen molar-refractivity contribution < 1.29 is 9.32 Å². The number of carbonyl (C=O) groups excluding carboxylic acids is 1. The molecule has 0 bridgehead atoms. The minimum Gasteiger partial charge on any atom is -0.355 e. The number of thiophene rings is 1. The summed E-state index contributed by atoms with van der Waals surface area (Å²) in [5, 5.41) is 5.94. The first-order valence-electron chi connectivity index (χ1n) is 8.31. The Hall–Kier alpha value is -2.44. The Balaban J connectivity index is 1.53. The van der Waals surface area contributed by atoms with Crippen molar-refractivity contribution in [3.8, 4) is 10.6 Å². The lowest BCUT2D eigenvalue weighted by Crippen LogP contribution is -2.30. The van der Waals surface area contributed by atoms with Gasteiger partial charge in [-0.3, -0.25) is 4.79 Å². The summed E-state index contributed by atoms with van der Waals surface area (Å²) in [6.07, 6.45) is 0. The highest BCUT2D eigenvalue weighted by molar-refractivity contribution is 7.13. The number of aromatic nitrogens is 1. The van der Waals surface area contributed by atoms with Crippen molar-refractivity contribution in [3.05, 3.63) is 65.2 Å². The fourth-order valence-corrected chi connectivity index (χ4v) is 4.10. The molecule has 1 amide bonds. The average Bonchev–Trinajstić information content (AvgIpc) is 3.41. The maximum Gasteiger partial charge on any atom is 0.276 e. The summed E-state index contributed by atoms with van der Waals surface area (Å²) in [6.45, 7) is 1.87. The molecule has 1 aromatic carbocycles. The standard InChI is InChI=1S/C19H19N3O2S/c20-10-14-11-22(12-15(14)13-5-2-1-3-6-13)19(23)16-9-17(24-21-16)18-7-4-8-25-18/h1-9,14-15H,10-12,20H2/t14-,15+/m1/s1. The highest BCUT2D eigenvalue weighted by Gasteiger charge is 2.36. The molecule has 0 spiro atoms. The summed E-state index contributed by atoms with van der Waals surface area (Å²) in [4.78, 5) is 15.6. The highest BCUT2D eigenvalue weighted by Crippen LogP contribution is 2.33. The first-order chi connectivity index (χ1) is 12.3. The third kappa shape index (κ3) is 3.10. The summed E-state index contributed by atoms with van der Waals surface area (Å²) in [7, 11) is 0. The molecule has 0 saturated carbocycles. The van der Waals surface area contributed by atoms with Gasteiger partial charge in [-0.15, -0.1) is 11.3 Å². The Morgan fingerprint density at radius 2 is 2.08 bits per heavy atom. The monoisotopic (exact) mass is 353 g/mol. The first kappa shape index (κ1) is 16.1. The second-order valence-electron chi connectivity index (χ2n) is 6.28. The lowest BCUT2D eigenvalue weighted by atomic mass is 9.89. The van der Waals surface area contributed by atoms with E-state index in [9.17, 15) is 4.79 Å². The molecule has 0 aliphatic carbocycles. The van der Waals surface area contributed by atoms with Gasteiger partial charge in [0.1, 0.15) is 0 Å². The molecule has 3 heterocycles. The van der Waals surface area contributed by atoms with E-state index in [1.165, 1.54) is 5.56 Å². The van der Waals surface area contributed by atoms with Crippen molar-refractivity contribution in [2.75, 3.05) is 19.6 Å². The largest absolute Gasteiger partial charge is 0.355 e. The number of nitrogens with two attached hydrogens (primary N) is 1. The number of carbonyl (C=O) groups is 1. The van der Waals surface area contributed by atoms with Crippen LogP contribution in [-0.4, -0.2) is 35.6 Å². The molecule has 128 valence electrons. The minimum atomic E-state index is -0.0940. The SMILES string of the molecule is NC[C@@H]1CN(C(=O)c2cc(-c3cccs3)on2)C[C@H]1c1ccccc1. The summed E-state index contributed by atoms with van der Waals surface area (Å²) >= 11 is 1.56. The number of hydrogen-bond donors (Lipinski definition) is 1. The predicted molar refractivity (Wildman–Crippen MR) is 97.4 cm³/mol. The van der Waals surface area contributed by atoms with E-state index in [2.05, 4.69) is 17.3 Å².